The molecule has 0 spiro atoms. The molecule has 0 amide bonds. The summed E-state index contributed by atoms with van der Waals surface area (Å²) in [6.07, 6.45) is 3.92. The average Bonchev–Trinajstić information content (AvgIpc) is 2.79. The lowest BCUT2D eigenvalue weighted by molar-refractivity contribution is 0.414. The van der Waals surface area contributed by atoms with Gasteiger partial charge in [-0.2, -0.15) is 0 Å². The summed E-state index contributed by atoms with van der Waals surface area (Å²) in [4.78, 5) is 1.22. The highest BCUT2D eigenvalue weighted by Crippen LogP contribution is 2.39. The van der Waals surface area contributed by atoms with Crippen LogP contribution >= 0.6 is 23.4 Å². The molecule has 3 rings (SSSR count). The number of hydrogen-bond acceptors (Lipinski definition) is 3. The Hall–Kier alpha value is -2.20. The molecule has 0 heterocycles. The van der Waals surface area contributed by atoms with Crippen molar-refractivity contribution >= 4 is 23.4 Å². The third-order valence-corrected chi connectivity index (χ3v) is 6.51. The topological polar surface area (TPSA) is 21.3 Å². The number of nitrogens with one attached hydrogen (secondary N) is 1. The van der Waals surface area contributed by atoms with Gasteiger partial charge in [-0.15, -0.1) is 18.3 Å². The van der Waals surface area contributed by atoms with E-state index in [1.165, 1.54) is 16.0 Å². The summed E-state index contributed by atoms with van der Waals surface area (Å²) in [7, 11) is 1.69. The molecule has 0 fully saturated rings. The van der Waals surface area contributed by atoms with E-state index < -0.39 is 0 Å². The summed E-state index contributed by atoms with van der Waals surface area (Å²) in [5.74, 6) is 0.880. The lowest BCUT2D eigenvalue weighted by Crippen LogP contribution is -2.29. The first kappa shape index (κ1) is 22.5. The number of ether oxygens (including phenoxy) is 1. The molecule has 3 aromatic carbocycles. The van der Waals surface area contributed by atoms with Crippen molar-refractivity contribution < 1.29 is 4.74 Å². The van der Waals surface area contributed by atoms with Crippen LogP contribution in [0.1, 0.15) is 29.2 Å². The zero-order chi connectivity index (χ0) is 21.2. The van der Waals surface area contributed by atoms with Crippen LogP contribution in [0.25, 0.3) is 0 Å². The molecule has 156 valence electrons. The molecule has 0 saturated carbocycles. The van der Waals surface area contributed by atoms with Crippen LogP contribution < -0.4 is 10.1 Å². The average molecular weight is 438 g/mol. The minimum absolute atomic E-state index is 0.328. The molecule has 0 bridgehead atoms. The van der Waals surface area contributed by atoms with E-state index in [9.17, 15) is 0 Å². The second-order valence-electron chi connectivity index (χ2n) is 7.16. The highest BCUT2D eigenvalue weighted by molar-refractivity contribution is 7.99. The van der Waals surface area contributed by atoms with Crippen molar-refractivity contribution in [1.82, 2.24) is 5.32 Å². The van der Waals surface area contributed by atoms with Crippen LogP contribution in [0.5, 0.6) is 5.75 Å². The Bertz CT molecular complexity index is 897. The van der Waals surface area contributed by atoms with Gasteiger partial charge in [0, 0.05) is 27.8 Å². The summed E-state index contributed by atoms with van der Waals surface area (Å²) in [6, 6.07) is 27.3. The van der Waals surface area contributed by atoms with Gasteiger partial charge in [-0.3, -0.25) is 0 Å². The Kier molecular flexibility index (Phi) is 8.88. The Labute approximate surface area is 189 Å². The van der Waals surface area contributed by atoms with Crippen molar-refractivity contribution in [3.8, 4) is 5.75 Å². The molecule has 2 unspecified atom stereocenters. The SMILES string of the molecule is C=CCC(CC(Sc1ccc(Cl)cc1)c1ccccc1)NCc1ccc(OC)cc1. The Balaban J connectivity index is 1.71. The summed E-state index contributed by atoms with van der Waals surface area (Å²) in [5, 5.41) is 4.82. The number of rotatable bonds is 11. The maximum Gasteiger partial charge on any atom is 0.118 e. The van der Waals surface area contributed by atoms with E-state index >= 15 is 0 Å². The summed E-state index contributed by atoms with van der Waals surface area (Å²) < 4.78 is 5.25. The first-order chi connectivity index (χ1) is 14.7. The molecule has 0 saturated heterocycles. The van der Waals surface area contributed by atoms with Crippen LogP contribution in [0, 0.1) is 0 Å². The number of benzene rings is 3. The lowest BCUT2D eigenvalue weighted by Gasteiger charge is -2.24. The molecule has 0 aliphatic heterocycles. The fourth-order valence-corrected chi connectivity index (χ4v) is 4.69. The largest absolute Gasteiger partial charge is 0.497 e. The van der Waals surface area contributed by atoms with Crippen LogP contribution in [0.3, 0.4) is 0 Å². The fourth-order valence-electron chi connectivity index (χ4n) is 3.33. The highest BCUT2D eigenvalue weighted by Gasteiger charge is 2.19. The van der Waals surface area contributed by atoms with Crippen molar-refractivity contribution in [2.24, 2.45) is 0 Å². The quantitative estimate of drug-likeness (QED) is 0.251. The third kappa shape index (κ3) is 6.94. The molecule has 2 atom stereocenters. The van der Waals surface area contributed by atoms with E-state index in [1.54, 1.807) is 7.11 Å². The van der Waals surface area contributed by atoms with E-state index in [4.69, 9.17) is 16.3 Å². The van der Waals surface area contributed by atoms with Crippen molar-refractivity contribution in [2.75, 3.05) is 7.11 Å². The van der Waals surface area contributed by atoms with Gasteiger partial charge in [0.25, 0.3) is 0 Å². The van der Waals surface area contributed by atoms with E-state index in [2.05, 4.69) is 66.5 Å². The molecule has 0 aliphatic rings. The predicted molar refractivity (Wildman–Crippen MR) is 130 cm³/mol. The monoisotopic (exact) mass is 437 g/mol. The summed E-state index contributed by atoms with van der Waals surface area (Å²) in [5.41, 5.74) is 2.57. The van der Waals surface area contributed by atoms with Gasteiger partial charge in [0.05, 0.1) is 7.11 Å². The van der Waals surface area contributed by atoms with Gasteiger partial charge in [-0.25, -0.2) is 0 Å². The second-order valence-corrected chi connectivity index (χ2v) is 8.87. The molecular weight excluding hydrogens is 410 g/mol. The number of thioether (sulfide) groups is 1. The fraction of sp³-hybridized carbons (Fsp3) is 0.231. The van der Waals surface area contributed by atoms with Crippen molar-refractivity contribution in [1.29, 1.82) is 0 Å². The molecule has 4 heteroatoms. The normalized spacial score (nSPS) is 12.9. The standard InChI is InChI=1S/C26H28ClNOS/c1-3-7-23(28-19-20-10-14-24(29-2)15-11-20)18-26(21-8-5-4-6-9-21)30-25-16-12-22(27)13-17-25/h3-6,8-17,23,26,28H,1,7,18-19H2,2H3. The van der Waals surface area contributed by atoms with E-state index in [-0.39, 0.29) is 0 Å². The van der Waals surface area contributed by atoms with Crippen molar-refractivity contribution in [2.45, 2.75) is 35.6 Å². The predicted octanol–water partition coefficient (Wildman–Crippen LogP) is 7.31. The Morgan fingerprint density at radius 1 is 1.00 bits per heavy atom. The molecule has 0 radical (unpaired) electrons. The number of hydrogen-bond donors (Lipinski definition) is 1. The van der Waals surface area contributed by atoms with Crippen LogP contribution in [-0.2, 0) is 6.54 Å². The van der Waals surface area contributed by atoms with Crippen LogP contribution in [0.2, 0.25) is 5.02 Å². The molecular formula is C26H28ClNOS. The molecule has 30 heavy (non-hydrogen) atoms. The Morgan fingerprint density at radius 3 is 2.33 bits per heavy atom. The molecule has 0 aliphatic carbocycles. The first-order valence-electron chi connectivity index (χ1n) is 10.1. The van der Waals surface area contributed by atoms with Gasteiger partial charge in [-0.1, -0.05) is 60.1 Å². The van der Waals surface area contributed by atoms with Gasteiger partial charge in [0.1, 0.15) is 5.75 Å². The molecule has 1 N–H and O–H groups in total. The van der Waals surface area contributed by atoms with Gasteiger partial charge in [0.15, 0.2) is 0 Å². The van der Waals surface area contributed by atoms with Gasteiger partial charge in [-0.05, 0) is 60.4 Å². The van der Waals surface area contributed by atoms with Crippen LogP contribution in [-0.4, -0.2) is 13.2 Å². The summed E-state index contributed by atoms with van der Waals surface area (Å²) in [6.45, 7) is 4.79. The van der Waals surface area contributed by atoms with Crippen LogP contribution in [0.15, 0.2) is 96.4 Å². The number of methoxy groups -OCH3 is 1. The lowest BCUT2D eigenvalue weighted by atomic mass is 10.0. The Morgan fingerprint density at radius 2 is 1.70 bits per heavy atom. The first-order valence-corrected chi connectivity index (χ1v) is 11.4. The van der Waals surface area contributed by atoms with Gasteiger partial charge < -0.3 is 10.1 Å². The second kappa shape index (κ2) is 11.8. The minimum Gasteiger partial charge on any atom is -0.497 e. The van der Waals surface area contributed by atoms with E-state index in [0.29, 0.717) is 11.3 Å². The van der Waals surface area contributed by atoms with Crippen molar-refractivity contribution in [3.05, 3.63) is 108 Å². The van der Waals surface area contributed by atoms with Crippen LogP contribution in [0.4, 0.5) is 0 Å². The van der Waals surface area contributed by atoms with Gasteiger partial charge in [0.2, 0.25) is 0 Å². The maximum absolute atomic E-state index is 6.07. The molecule has 2 nitrogen and oxygen atoms in total. The summed E-state index contributed by atoms with van der Waals surface area (Å²) >= 11 is 7.95. The highest BCUT2D eigenvalue weighted by atomic mass is 35.5. The molecule has 3 aromatic rings. The maximum atomic E-state index is 6.07. The minimum atomic E-state index is 0.328. The van der Waals surface area contributed by atoms with E-state index in [0.717, 1.165) is 30.2 Å². The van der Waals surface area contributed by atoms with Gasteiger partial charge >= 0.3 is 0 Å². The zero-order valence-corrected chi connectivity index (χ0v) is 18.8. The zero-order valence-electron chi connectivity index (χ0n) is 17.3. The van der Waals surface area contributed by atoms with Crippen molar-refractivity contribution in [3.63, 3.8) is 0 Å². The number of halogens is 1. The molecule has 0 aromatic heterocycles. The van der Waals surface area contributed by atoms with E-state index in [1.807, 2.05) is 42.1 Å². The smallest absolute Gasteiger partial charge is 0.118 e. The third-order valence-electron chi connectivity index (χ3n) is 4.97.